The van der Waals surface area contributed by atoms with E-state index in [0.29, 0.717) is 17.5 Å². The summed E-state index contributed by atoms with van der Waals surface area (Å²) in [4.78, 5) is 16.9. The van der Waals surface area contributed by atoms with E-state index in [4.69, 9.17) is 15.0 Å². The molecule has 2 aromatic heterocycles. The van der Waals surface area contributed by atoms with Gasteiger partial charge in [-0.05, 0) is 79.4 Å². The van der Waals surface area contributed by atoms with Gasteiger partial charge in [0.05, 0.1) is 5.41 Å². The van der Waals surface area contributed by atoms with Gasteiger partial charge in [-0.3, -0.25) is 0 Å². The van der Waals surface area contributed by atoms with E-state index < -0.39 is 5.41 Å². The molecule has 2 heterocycles. The molecule has 0 bridgehead atoms. The fraction of sp³-hybridized carbons (Fsp3) is 0.0192. The molecule has 0 N–H and O–H groups in total. The van der Waals surface area contributed by atoms with Crippen LogP contribution < -0.4 is 0 Å². The van der Waals surface area contributed by atoms with E-state index >= 15 is 0 Å². The average Bonchev–Trinajstić information content (AvgIpc) is 3.85. The molecule has 4 heteroatoms. The Balaban J connectivity index is 1.10. The molecule has 0 radical (unpaired) electrons. The molecule has 1 aliphatic rings. The molecule has 10 aromatic rings. The third-order valence-corrected chi connectivity index (χ3v) is 12.4. The lowest BCUT2D eigenvalue weighted by molar-refractivity contribution is 0.768. The number of thiophene rings is 1. The third-order valence-electron chi connectivity index (χ3n) is 11.2. The lowest BCUT2D eigenvalue weighted by Gasteiger charge is -2.34. The summed E-state index contributed by atoms with van der Waals surface area (Å²) >= 11 is 1.81. The number of nitrogens with zero attached hydrogens (tertiary/aromatic N) is 3. The molecule has 8 aromatic carbocycles. The van der Waals surface area contributed by atoms with Gasteiger partial charge in [0, 0.05) is 26.3 Å². The third kappa shape index (κ3) is 5.22. The zero-order valence-corrected chi connectivity index (χ0v) is 31.1. The van der Waals surface area contributed by atoms with Crippen molar-refractivity contribution in [2.24, 2.45) is 0 Å². The Kier molecular flexibility index (Phi) is 7.58. The predicted molar refractivity (Wildman–Crippen MR) is 232 cm³/mol. The molecular formula is C52H33N3S. The minimum absolute atomic E-state index is 0.524. The molecule has 11 rings (SSSR count). The number of aromatic nitrogens is 3. The van der Waals surface area contributed by atoms with Crippen LogP contribution in [0.15, 0.2) is 200 Å². The lowest BCUT2D eigenvalue weighted by atomic mass is 9.67. The van der Waals surface area contributed by atoms with Gasteiger partial charge in [0.2, 0.25) is 0 Å². The second kappa shape index (κ2) is 13.1. The van der Waals surface area contributed by atoms with Gasteiger partial charge in [0.25, 0.3) is 0 Å². The molecule has 0 saturated heterocycles. The summed E-state index contributed by atoms with van der Waals surface area (Å²) < 4.78 is 1.29. The van der Waals surface area contributed by atoms with E-state index in [1.807, 2.05) is 11.3 Å². The van der Waals surface area contributed by atoms with Crippen LogP contribution in [0.5, 0.6) is 0 Å². The molecule has 0 amide bonds. The van der Waals surface area contributed by atoms with Crippen molar-refractivity contribution in [3.05, 3.63) is 222 Å². The normalized spacial score (nSPS) is 12.8. The van der Waals surface area contributed by atoms with Gasteiger partial charge >= 0.3 is 0 Å². The van der Waals surface area contributed by atoms with E-state index in [1.54, 1.807) is 0 Å². The largest absolute Gasteiger partial charge is 0.208 e. The summed E-state index contributed by atoms with van der Waals surface area (Å²) in [5.41, 5.74) is 10.9. The fourth-order valence-corrected chi connectivity index (χ4v) is 9.65. The van der Waals surface area contributed by atoms with Crippen LogP contribution >= 0.6 is 11.3 Å². The van der Waals surface area contributed by atoms with Gasteiger partial charge in [0.15, 0.2) is 17.5 Å². The van der Waals surface area contributed by atoms with E-state index in [1.165, 1.54) is 59.3 Å². The zero-order valence-electron chi connectivity index (χ0n) is 30.3. The highest BCUT2D eigenvalue weighted by Gasteiger charge is 2.46. The second-order valence-corrected chi connectivity index (χ2v) is 15.5. The molecule has 0 atom stereocenters. The van der Waals surface area contributed by atoms with Crippen molar-refractivity contribution < 1.29 is 0 Å². The fourth-order valence-electron chi connectivity index (χ4n) is 8.58. The van der Waals surface area contributed by atoms with Gasteiger partial charge in [-0.2, -0.15) is 0 Å². The van der Waals surface area contributed by atoms with E-state index in [0.717, 1.165) is 22.1 Å². The van der Waals surface area contributed by atoms with Crippen molar-refractivity contribution in [3.8, 4) is 55.7 Å². The number of rotatable bonds is 6. The van der Waals surface area contributed by atoms with Crippen molar-refractivity contribution in [3.63, 3.8) is 0 Å². The Morgan fingerprint density at radius 3 is 1.57 bits per heavy atom. The van der Waals surface area contributed by atoms with Crippen LogP contribution in [-0.2, 0) is 5.41 Å². The van der Waals surface area contributed by atoms with Crippen molar-refractivity contribution >= 4 is 32.2 Å². The summed E-state index contributed by atoms with van der Waals surface area (Å²) in [6, 6.07) is 71.7. The monoisotopic (exact) mass is 731 g/mol. The molecule has 0 fully saturated rings. The van der Waals surface area contributed by atoms with E-state index in [-0.39, 0.29) is 0 Å². The molecular weight excluding hydrogens is 699 g/mol. The highest BCUT2D eigenvalue weighted by atomic mass is 32.1. The van der Waals surface area contributed by atoms with Crippen molar-refractivity contribution in [2.45, 2.75) is 5.41 Å². The Morgan fingerprint density at radius 1 is 0.339 bits per heavy atom. The minimum Gasteiger partial charge on any atom is -0.208 e. The van der Waals surface area contributed by atoms with E-state index in [2.05, 4.69) is 200 Å². The summed E-state index contributed by atoms with van der Waals surface area (Å²) in [5.74, 6) is 1.92. The van der Waals surface area contributed by atoms with Gasteiger partial charge in [-0.25, -0.2) is 15.0 Å². The number of fused-ring (bicyclic) bond motifs is 5. The van der Waals surface area contributed by atoms with Crippen LogP contribution in [0.25, 0.3) is 76.6 Å². The molecule has 1 aliphatic carbocycles. The molecule has 0 unspecified atom stereocenters. The maximum atomic E-state index is 5.25. The Labute approximate surface area is 329 Å². The summed E-state index contributed by atoms with van der Waals surface area (Å²) in [7, 11) is 0. The highest BCUT2D eigenvalue weighted by Crippen LogP contribution is 2.56. The number of hydrogen-bond acceptors (Lipinski definition) is 4. The summed E-state index contributed by atoms with van der Waals surface area (Å²) in [6.07, 6.45) is 0. The smallest absolute Gasteiger partial charge is 0.164 e. The van der Waals surface area contributed by atoms with Crippen LogP contribution in [0.2, 0.25) is 0 Å². The van der Waals surface area contributed by atoms with Crippen LogP contribution in [-0.4, -0.2) is 15.0 Å². The molecule has 3 nitrogen and oxygen atoms in total. The minimum atomic E-state index is -0.524. The number of hydrogen-bond donors (Lipinski definition) is 0. The lowest BCUT2D eigenvalue weighted by Crippen LogP contribution is -2.28. The molecule has 56 heavy (non-hydrogen) atoms. The van der Waals surface area contributed by atoms with Crippen LogP contribution in [0, 0.1) is 0 Å². The standard InChI is InChI=1S/C52H33N3S/c1-3-16-41(17-4-1)52(42-18-5-2-6-19-42)45-21-11-10-20-43(45)44-30-29-40(32-46(44)52)51-54-49(53-50(55-51)39-28-23-34-13-7-8-14-37(34)31-39)36-26-24-35(25-27-36)48-33-38-15-9-12-22-47(38)56-48/h1-33H. The van der Waals surface area contributed by atoms with Gasteiger partial charge in [-0.15, -0.1) is 11.3 Å². The first-order valence-electron chi connectivity index (χ1n) is 18.9. The first-order chi connectivity index (χ1) is 27.7. The van der Waals surface area contributed by atoms with Crippen molar-refractivity contribution in [1.29, 1.82) is 0 Å². The van der Waals surface area contributed by atoms with Crippen LogP contribution in [0.1, 0.15) is 22.3 Å². The summed E-state index contributed by atoms with van der Waals surface area (Å²) in [6.45, 7) is 0. The van der Waals surface area contributed by atoms with Gasteiger partial charge < -0.3 is 0 Å². The molecule has 262 valence electrons. The van der Waals surface area contributed by atoms with Crippen molar-refractivity contribution in [1.82, 2.24) is 15.0 Å². The average molecular weight is 732 g/mol. The Bertz CT molecular complexity index is 3000. The second-order valence-electron chi connectivity index (χ2n) is 14.4. The maximum Gasteiger partial charge on any atom is 0.164 e. The first-order valence-corrected chi connectivity index (χ1v) is 19.7. The van der Waals surface area contributed by atoms with E-state index in [9.17, 15) is 0 Å². The van der Waals surface area contributed by atoms with Crippen LogP contribution in [0.4, 0.5) is 0 Å². The van der Waals surface area contributed by atoms with Gasteiger partial charge in [-0.1, -0.05) is 176 Å². The molecule has 0 aliphatic heterocycles. The Hall–Kier alpha value is -7.01. The topological polar surface area (TPSA) is 38.7 Å². The van der Waals surface area contributed by atoms with Gasteiger partial charge in [0.1, 0.15) is 0 Å². The quantitative estimate of drug-likeness (QED) is 0.171. The SMILES string of the molecule is c1ccc(C2(c3ccccc3)c3ccccc3-c3ccc(-c4nc(-c5ccc(-c6cc7ccccc7s6)cc5)nc(-c5ccc6ccccc6c5)n4)cc32)cc1. The zero-order chi connectivity index (χ0) is 37.1. The maximum absolute atomic E-state index is 5.25. The first kappa shape index (κ1) is 32.4. The molecule has 0 saturated carbocycles. The Morgan fingerprint density at radius 2 is 0.857 bits per heavy atom. The highest BCUT2D eigenvalue weighted by molar-refractivity contribution is 7.22. The summed E-state index contributed by atoms with van der Waals surface area (Å²) in [5, 5.41) is 3.59. The number of benzene rings is 8. The van der Waals surface area contributed by atoms with Crippen molar-refractivity contribution in [2.75, 3.05) is 0 Å². The predicted octanol–water partition coefficient (Wildman–Crippen LogP) is 13.3. The van der Waals surface area contributed by atoms with Crippen LogP contribution in [0.3, 0.4) is 0 Å². The molecule has 0 spiro atoms.